The summed E-state index contributed by atoms with van der Waals surface area (Å²) in [7, 11) is 2.18. The van der Waals surface area contributed by atoms with E-state index in [0.717, 1.165) is 19.4 Å². The van der Waals surface area contributed by atoms with Gasteiger partial charge in [0.1, 0.15) is 0 Å². The Hall–Kier alpha value is -0.610. The molecular weight excluding hydrogens is 202 g/mol. The molecule has 2 aliphatic rings. The molecule has 0 radical (unpaired) electrons. The second-order valence-electron chi connectivity index (χ2n) is 5.14. The molecule has 0 aromatic carbocycles. The van der Waals surface area contributed by atoms with Crippen molar-refractivity contribution in [3.8, 4) is 0 Å². The van der Waals surface area contributed by atoms with E-state index >= 15 is 0 Å². The molecule has 1 unspecified atom stereocenters. The van der Waals surface area contributed by atoms with Crippen LogP contribution in [0.2, 0.25) is 0 Å². The topological polar surface area (TPSA) is 44.4 Å². The molecule has 0 aromatic heterocycles. The van der Waals surface area contributed by atoms with Crippen LogP contribution in [0.3, 0.4) is 0 Å². The molecule has 1 amide bonds. The number of hydrogen-bond donors (Lipinski definition) is 2. The summed E-state index contributed by atoms with van der Waals surface area (Å²) >= 11 is 0. The highest BCUT2D eigenvalue weighted by atomic mass is 16.1. The quantitative estimate of drug-likeness (QED) is 0.712. The zero-order valence-corrected chi connectivity index (χ0v) is 10.2. The molecule has 0 aromatic rings. The molecule has 1 atom stereocenters. The normalized spacial score (nSPS) is 29.8. The molecule has 92 valence electrons. The number of carbonyl (C=O) groups excluding carboxylic acids is 1. The fourth-order valence-electron chi connectivity index (χ4n) is 2.63. The van der Waals surface area contributed by atoms with Gasteiger partial charge in [-0.05, 0) is 45.8 Å². The third kappa shape index (κ3) is 3.46. The highest BCUT2D eigenvalue weighted by molar-refractivity contribution is 5.76. The number of hydrogen-bond acceptors (Lipinski definition) is 3. The molecule has 2 saturated heterocycles. The monoisotopic (exact) mass is 225 g/mol. The minimum atomic E-state index is 0.211. The number of rotatable bonds is 2. The first-order chi connectivity index (χ1) is 7.74. The molecule has 2 aliphatic heterocycles. The van der Waals surface area contributed by atoms with Crippen LogP contribution in [0.25, 0.3) is 0 Å². The van der Waals surface area contributed by atoms with Crippen LogP contribution in [0.4, 0.5) is 0 Å². The van der Waals surface area contributed by atoms with E-state index in [9.17, 15) is 4.79 Å². The maximum Gasteiger partial charge on any atom is 0.221 e. The lowest BCUT2D eigenvalue weighted by atomic mass is 10.0. The van der Waals surface area contributed by atoms with Gasteiger partial charge in [-0.3, -0.25) is 4.79 Å². The number of nitrogens with zero attached hydrogens (tertiary/aromatic N) is 1. The van der Waals surface area contributed by atoms with Crippen LogP contribution in [0.1, 0.15) is 32.1 Å². The Labute approximate surface area is 97.8 Å². The van der Waals surface area contributed by atoms with Gasteiger partial charge in [-0.1, -0.05) is 0 Å². The van der Waals surface area contributed by atoms with Crippen molar-refractivity contribution in [3.05, 3.63) is 0 Å². The minimum absolute atomic E-state index is 0.211. The highest BCUT2D eigenvalue weighted by Crippen LogP contribution is 2.13. The lowest BCUT2D eigenvalue weighted by molar-refractivity contribution is -0.121. The van der Waals surface area contributed by atoms with E-state index in [2.05, 4.69) is 22.6 Å². The van der Waals surface area contributed by atoms with Gasteiger partial charge < -0.3 is 15.5 Å². The molecule has 2 fully saturated rings. The van der Waals surface area contributed by atoms with Gasteiger partial charge in [0.2, 0.25) is 5.91 Å². The van der Waals surface area contributed by atoms with E-state index in [1.807, 2.05) is 0 Å². The summed E-state index contributed by atoms with van der Waals surface area (Å²) in [5, 5.41) is 6.59. The van der Waals surface area contributed by atoms with Crippen LogP contribution in [0.15, 0.2) is 0 Å². The standard InChI is InChI=1S/C12H23N3O/c1-15-7-4-10(5-8-15)14-11-3-2-6-13-12(16)9-11/h10-11,14H,2-9H2,1H3,(H,13,16). The van der Waals surface area contributed by atoms with Crippen LogP contribution < -0.4 is 10.6 Å². The molecule has 4 heteroatoms. The SMILES string of the molecule is CN1CCC(NC2CCCNC(=O)C2)CC1. The Bertz CT molecular complexity index is 236. The molecule has 0 saturated carbocycles. The van der Waals surface area contributed by atoms with Crippen LogP contribution >= 0.6 is 0 Å². The van der Waals surface area contributed by atoms with Gasteiger partial charge in [-0.25, -0.2) is 0 Å². The van der Waals surface area contributed by atoms with Crippen molar-refractivity contribution in [1.29, 1.82) is 0 Å². The van der Waals surface area contributed by atoms with Crippen molar-refractivity contribution < 1.29 is 4.79 Å². The zero-order chi connectivity index (χ0) is 11.4. The number of nitrogens with one attached hydrogen (secondary N) is 2. The van der Waals surface area contributed by atoms with Crippen LogP contribution in [0.5, 0.6) is 0 Å². The van der Waals surface area contributed by atoms with Crippen LogP contribution in [-0.2, 0) is 4.79 Å². The van der Waals surface area contributed by atoms with Crippen molar-refractivity contribution in [2.24, 2.45) is 0 Å². The fourth-order valence-corrected chi connectivity index (χ4v) is 2.63. The molecule has 2 heterocycles. The van der Waals surface area contributed by atoms with Crippen LogP contribution in [0, 0.1) is 0 Å². The number of piperidine rings is 1. The van der Waals surface area contributed by atoms with E-state index < -0.39 is 0 Å². The first-order valence-corrected chi connectivity index (χ1v) is 6.45. The Morgan fingerprint density at radius 3 is 2.75 bits per heavy atom. The minimum Gasteiger partial charge on any atom is -0.356 e. The largest absolute Gasteiger partial charge is 0.356 e. The predicted molar refractivity (Wildman–Crippen MR) is 64.3 cm³/mol. The summed E-state index contributed by atoms with van der Waals surface area (Å²) < 4.78 is 0. The summed E-state index contributed by atoms with van der Waals surface area (Å²) in [5.41, 5.74) is 0. The lowest BCUT2D eigenvalue weighted by Gasteiger charge is -2.32. The fraction of sp³-hybridized carbons (Fsp3) is 0.917. The first kappa shape index (κ1) is 11.9. The summed E-state index contributed by atoms with van der Waals surface area (Å²) in [4.78, 5) is 13.8. The van der Waals surface area contributed by atoms with Gasteiger partial charge in [0.25, 0.3) is 0 Å². The zero-order valence-electron chi connectivity index (χ0n) is 10.2. The molecule has 0 bridgehead atoms. The van der Waals surface area contributed by atoms with E-state index in [1.54, 1.807) is 0 Å². The summed E-state index contributed by atoms with van der Waals surface area (Å²) in [6.07, 6.45) is 5.33. The second kappa shape index (κ2) is 5.64. The van der Waals surface area contributed by atoms with Crippen molar-refractivity contribution in [1.82, 2.24) is 15.5 Å². The number of amides is 1. The summed E-state index contributed by atoms with van der Waals surface area (Å²) in [5.74, 6) is 0.211. The van der Waals surface area contributed by atoms with E-state index in [1.165, 1.54) is 25.9 Å². The summed E-state index contributed by atoms with van der Waals surface area (Å²) in [6.45, 7) is 3.21. The van der Waals surface area contributed by atoms with Crippen molar-refractivity contribution in [2.45, 2.75) is 44.2 Å². The number of carbonyl (C=O) groups is 1. The first-order valence-electron chi connectivity index (χ1n) is 6.45. The van der Waals surface area contributed by atoms with Gasteiger partial charge >= 0.3 is 0 Å². The van der Waals surface area contributed by atoms with Crippen LogP contribution in [-0.4, -0.2) is 49.6 Å². The molecule has 0 aliphatic carbocycles. The van der Waals surface area contributed by atoms with E-state index in [0.29, 0.717) is 18.5 Å². The Morgan fingerprint density at radius 2 is 2.00 bits per heavy atom. The Morgan fingerprint density at radius 1 is 1.25 bits per heavy atom. The molecule has 0 spiro atoms. The lowest BCUT2D eigenvalue weighted by Crippen LogP contribution is -2.45. The second-order valence-corrected chi connectivity index (χ2v) is 5.14. The highest BCUT2D eigenvalue weighted by Gasteiger charge is 2.22. The molecular formula is C12H23N3O. The maximum atomic E-state index is 11.4. The van der Waals surface area contributed by atoms with E-state index in [-0.39, 0.29) is 5.91 Å². The predicted octanol–water partition coefficient (Wildman–Crippen LogP) is 0.339. The van der Waals surface area contributed by atoms with Crippen molar-refractivity contribution in [2.75, 3.05) is 26.7 Å². The van der Waals surface area contributed by atoms with Gasteiger partial charge in [0, 0.05) is 25.0 Å². The Balaban J connectivity index is 1.77. The summed E-state index contributed by atoms with van der Waals surface area (Å²) in [6, 6.07) is 1.02. The van der Waals surface area contributed by atoms with E-state index in [4.69, 9.17) is 0 Å². The van der Waals surface area contributed by atoms with Crippen molar-refractivity contribution >= 4 is 5.91 Å². The third-order valence-electron chi connectivity index (χ3n) is 3.67. The van der Waals surface area contributed by atoms with Gasteiger partial charge in [-0.2, -0.15) is 0 Å². The average Bonchev–Trinajstić information content (AvgIpc) is 2.46. The van der Waals surface area contributed by atoms with Gasteiger partial charge in [0.05, 0.1) is 0 Å². The van der Waals surface area contributed by atoms with Crippen molar-refractivity contribution in [3.63, 3.8) is 0 Å². The molecule has 2 N–H and O–H groups in total. The Kier molecular flexibility index (Phi) is 4.18. The third-order valence-corrected chi connectivity index (χ3v) is 3.67. The van der Waals surface area contributed by atoms with Gasteiger partial charge in [0.15, 0.2) is 0 Å². The molecule has 4 nitrogen and oxygen atoms in total. The van der Waals surface area contributed by atoms with Gasteiger partial charge in [-0.15, -0.1) is 0 Å². The molecule has 16 heavy (non-hydrogen) atoms. The number of likely N-dealkylation sites (tertiary alicyclic amines) is 1. The smallest absolute Gasteiger partial charge is 0.221 e. The molecule has 2 rings (SSSR count). The average molecular weight is 225 g/mol. The maximum absolute atomic E-state index is 11.4.